The van der Waals surface area contributed by atoms with Gasteiger partial charge < -0.3 is 19.5 Å². The van der Waals surface area contributed by atoms with E-state index in [2.05, 4.69) is 26.1 Å². The lowest BCUT2D eigenvalue weighted by Crippen LogP contribution is -2.29. The molecule has 0 aromatic heterocycles. The molecule has 1 amide bonds. The van der Waals surface area contributed by atoms with E-state index in [0.29, 0.717) is 24.7 Å². The van der Waals surface area contributed by atoms with Crippen LogP contribution in [0.4, 0.5) is 5.69 Å². The van der Waals surface area contributed by atoms with Crippen molar-refractivity contribution in [3.63, 3.8) is 0 Å². The summed E-state index contributed by atoms with van der Waals surface area (Å²) in [6.45, 7) is 7.47. The standard InChI is InChI=1S/C21H24N2O6/c1-21(2,3)14-4-6-15(7-5-14)27-9-8-22-20(24)16-12-18-19(29-11-10-28-18)13-17(16)23(25)26/h4-7,12-13H,8-11H2,1-3H3,(H,22,24). The van der Waals surface area contributed by atoms with E-state index in [1.165, 1.54) is 17.7 Å². The predicted molar refractivity (Wildman–Crippen MR) is 107 cm³/mol. The van der Waals surface area contributed by atoms with E-state index in [-0.39, 0.29) is 35.6 Å². The molecule has 0 unspecified atom stereocenters. The summed E-state index contributed by atoms with van der Waals surface area (Å²) in [6, 6.07) is 10.3. The van der Waals surface area contributed by atoms with E-state index in [4.69, 9.17) is 14.2 Å². The number of hydrogen-bond donors (Lipinski definition) is 1. The van der Waals surface area contributed by atoms with Gasteiger partial charge in [-0.05, 0) is 23.1 Å². The van der Waals surface area contributed by atoms with Crippen molar-refractivity contribution in [3.8, 4) is 17.2 Å². The van der Waals surface area contributed by atoms with Crippen molar-refractivity contribution in [2.45, 2.75) is 26.2 Å². The number of benzene rings is 2. The molecule has 1 aliphatic rings. The van der Waals surface area contributed by atoms with Gasteiger partial charge in [-0.2, -0.15) is 0 Å². The normalized spacial score (nSPS) is 12.9. The molecular formula is C21H24N2O6. The number of fused-ring (bicyclic) bond motifs is 1. The summed E-state index contributed by atoms with van der Waals surface area (Å²) >= 11 is 0. The van der Waals surface area contributed by atoms with Crippen molar-refractivity contribution in [2.75, 3.05) is 26.4 Å². The van der Waals surface area contributed by atoms with Gasteiger partial charge in [0.05, 0.1) is 17.5 Å². The molecule has 3 rings (SSSR count). The van der Waals surface area contributed by atoms with Gasteiger partial charge in [-0.25, -0.2) is 0 Å². The lowest BCUT2D eigenvalue weighted by molar-refractivity contribution is -0.385. The number of ether oxygens (including phenoxy) is 3. The minimum absolute atomic E-state index is 0.0604. The summed E-state index contributed by atoms with van der Waals surface area (Å²) < 4.78 is 16.4. The summed E-state index contributed by atoms with van der Waals surface area (Å²) in [7, 11) is 0. The first-order chi connectivity index (χ1) is 13.8. The highest BCUT2D eigenvalue weighted by Crippen LogP contribution is 2.36. The zero-order valence-corrected chi connectivity index (χ0v) is 16.7. The minimum Gasteiger partial charge on any atom is -0.492 e. The number of carbonyl (C=O) groups excluding carboxylic acids is 1. The Morgan fingerprint density at radius 2 is 1.76 bits per heavy atom. The summed E-state index contributed by atoms with van der Waals surface area (Å²) in [6.07, 6.45) is 0. The van der Waals surface area contributed by atoms with Gasteiger partial charge in [-0.1, -0.05) is 32.9 Å². The van der Waals surface area contributed by atoms with E-state index < -0.39 is 10.8 Å². The third kappa shape index (κ3) is 4.96. The number of hydrogen-bond acceptors (Lipinski definition) is 6. The first-order valence-corrected chi connectivity index (χ1v) is 9.35. The van der Waals surface area contributed by atoms with Crippen molar-refractivity contribution in [1.29, 1.82) is 0 Å². The van der Waals surface area contributed by atoms with E-state index in [9.17, 15) is 14.9 Å². The van der Waals surface area contributed by atoms with Gasteiger partial charge in [-0.15, -0.1) is 0 Å². The van der Waals surface area contributed by atoms with Crippen LogP contribution < -0.4 is 19.5 Å². The maximum atomic E-state index is 12.5. The molecule has 0 fully saturated rings. The van der Waals surface area contributed by atoms with Crippen molar-refractivity contribution < 1.29 is 23.9 Å². The van der Waals surface area contributed by atoms with Gasteiger partial charge in [-0.3, -0.25) is 14.9 Å². The fourth-order valence-electron chi connectivity index (χ4n) is 2.89. The number of nitrogens with zero attached hydrogens (tertiary/aromatic N) is 1. The molecule has 0 spiro atoms. The fraction of sp³-hybridized carbons (Fsp3) is 0.381. The molecule has 154 valence electrons. The van der Waals surface area contributed by atoms with Gasteiger partial charge in [0.15, 0.2) is 11.5 Å². The highest BCUT2D eigenvalue weighted by molar-refractivity contribution is 5.99. The number of carbonyl (C=O) groups is 1. The third-order valence-corrected chi connectivity index (χ3v) is 4.48. The second-order valence-corrected chi connectivity index (χ2v) is 7.65. The molecule has 2 aromatic carbocycles. The average molecular weight is 400 g/mol. The van der Waals surface area contributed by atoms with Crippen LogP contribution in [0.3, 0.4) is 0 Å². The van der Waals surface area contributed by atoms with Gasteiger partial charge in [0.2, 0.25) is 0 Å². The Bertz CT molecular complexity index is 903. The molecular weight excluding hydrogens is 376 g/mol. The van der Waals surface area contributed by atoms with Crippen molar-refractivity contribution in [1.82, 2.24) is 5.32 Å². The number of nitro benzene ring substituents is 1. The van der Waals surface area contributed by atoms with Gasteiger partial charge >= 0.3 is 0 Å². The molecule has 29 heavy (non-hydrogen) atoms. The van der Waals surface area contributed by atoms with Crippen molar-refractivity contribution >= 4 is 11.6 Å². The molecule has 8 heteroatoms. The van der Waals surface area contributed by atoms with E-state index >= 15 is 0 Å². The maximum absolute atomic E-state index is 12.5. The van der Waals surface area contributed by atoms with Crippen LogP contribution in [0, 0.1) is 10.1 Å². The van der Waals surface area contributed by atoms with Crippen LogP contribution in [0.5, 0.6) is 17.2 Å². The van der Waals surface area contributed by atoms with Gasteiger partial charge in [0.25, 0.3) is 11.6 Å². The van der Waals surface area contributed by atoms with Crippen LogP contribution >= 0.6 is 0 Å². The molecule has 0 saturated heterocycles. The lowest BCUT2D eigenvalue weighted by Gasteiger charge is -2.19. The first-order valence-electron chi connectivity index (χ1n) is 9.35. The van der Waals surface area contributed by atoms with Crippen molar-refractivity contribution in [3.05, 3.63) is 57.6 Å². The Morgan fingerprint density at radius 3 is 2.34 bits per heavy atom. The average Bonchev–Trinajstić information content (AvgIpc) is 2.69. The highest BCUT2D eigenvalue weighted by Gasteiger charge is 2.26. The monoisotopic (exact) mass is 400 g/mol. The molecule has 1 aliphatic heterocycles. The van der Waals surface area contributed by atoms with Crippen molar-refractivity contribution in [2.24, 2.45) is 0 Å². The second kappa shape index (κ2) is 8.38. The molecule has 1 N–H and O–H groups in total. The summed E-state index contributed by atoms with van der Waals surface area (Å²) in [5, 5.41) is 14.0. The predicted octanol–water partition coefficient (Wildman–Crippen LogP) is 3.47. The Morgan fingerprint density at radius 1 is 1.14 bits per heavy atom. The Hall–Kier alpha value is -3.29. The molecule has 0 saturated carbocycles. The second-order valence-electron chi connectivity index (χ2n) is 7.65. The number of amides is 1. The smallest absolute Gasteiger partial charge is 0.286 e. The zero-order valence-electron chi connectivity index (χ0n) is 16.7. The first kappa shape index (κ1) is 20.4. The lowest BCUT2D eigenvalue weighted by atomic mass is 9.87. The number of nitrogens with one attached hydrogen (secondary N) is 1. The number of rotatable bonds is 6. The van der Waals surface area contributed by atoms with Crippen LogP contribution in [-0.4, -0.2) is 37.2 Å². The fourth-order valence-corrected chi connectivity index (χ4v) is 2.89. The van der Waals surface area contributed by atoms with Crippen LogP contribution in [-0.2, 0) is 5.41 Å². The van der Waals surface area contributed by atoms with Crippen LogP contribution in [0.1, 0.15) is 36.7 Å². The summed E-state index contributed by atoms with van der Waals surface area (Å²) in [5.41, 5.74) is 0.855. The van der Waals surface area contributed by atoms with E-state index in [1.807, 2.05) is 24.3 Å². The van der Waals surface area contributed by atoms with Crippen LogP contribution in [0.15, 0.2) is 36.4 Å². The molecule has 0 aliphatic carbocycles. The van der Waals surface area contributed by atoms with Gasteiger partial charge in [0.1, 0.15) is 31.1 Å². The molecule has 0 radical (unpaired) electrons. The largest absolute Gasteiger partial charge is 0.492 e. The number of nitro groups is 1. The molecule has 8 nitrogen and oxygen atoms in total. The maximum Gasteiger partial charge on any atom is 0.286 e. The molecule has 0 bridgehead atoms. The summed E-state index contributed by atoms with van der Waals surface area (Å²) in [4.78, 5) is 23.2. The SMILES string of the molecule is CC(C)(C)c1ccc(OCCNC(=O)c2cc3c(cc2[N+](=O)[O-])OCCO3)cc1. The van der Waals surface area contributed by atoms with E-state index in [0.717, 1.165) is 0 Å². The third-order valence-electron chi connectivity index (χ3n) is 4.48. The molecule has 2 aromatic rings. The Balaban J connectivity index is 1.59. The quantitative estimate of drug-likeness (QED) is 0.453. The highest BCUT2D eigenvalue weighted by atomic mass is 16.6. The molecule has 1 heterocycles. The Kier molecular flexibility index (Phi) is 5.91. The van der Waals surface area contributed by atoms with Gasteiger partial charge in [0, 0.05) is 6.07 Å². The van der Waals surface area contributed by atoms with Crippen LogP contribution in [0.2, 0.25) is 0 Å². The topological polar surface area (TPSA) is 99.9 Å². The zero-order chi connectivity index (χ0) is 21.0. The Labute approximate surface area is 168 Å². The van der Waals surface area contributed by atoms with E-state index in [1.54, 1.807) is 0 Å². The minimum atomic E-state index is -0.611. The molecule has 0 atom stereocenters. The van der Waals surface area contributed by atoms with Crippen LogP contribution in [0.25, 0.3) is 0 Å². The summed E-state index contributed by atoms with van der Waals surface area (Å²) in [5.74, 6) is 0.710.